The van der Waals surface area contributed by atoms with Crippen molar-refractivity contribution in [2.75, 3.05) is 21.3 Å². The number of aromatic nitrogens is 2. The maximum absolute atomic E-state index is 11.5. The van der Waals surface area contributed by atoms with E-state index in [1.165, 1.54) is 33.6 Å². The van der Waals surface area contributed by atoms with Gasteiger partial charge < -0.3 is 24.2 Å². The van der Waals surface area contributed by atoms with Crippen LogP contribution in [-0.4, -0.2) is 48.1 Å². The van der Waals surface area contributed by atoms with Gasteiger partial charge in [0.1, 0.15) is 12.9 Å². The molecule has 0 amide bonds. The highest BCUT2D eigenvalue weighted by atomic mass is 16.6. The van der Waals surface area contributed by atoms with Crippen molar-refractivity contribution in [3.63, 3.8) is 0 Å². The van der Waals surface area contributed by atoms with E-state index in [1.54, 1.807) is 19.1 Å². The first kappa shape index (κ1) is 18.0. The molecule has 1 N–H and O–H groups in total. The SMILES string of the molecule is CON=C(C)c1c(Oc2ncc(OC)c(OC)n2)cccc1C(=O)O. The summed E-state index contributed by atoms with van der Waals surface area (Å²) < 4.78 is 15.8. The Morgan fingerprint density at radius 1 is 1.16 bits per heavy atom. The first-order valence-corrected chi connectivity index (χ1v) is 7.09. The van der Waals surface area contributed by atoms with Crippen LogP contribution in [0.25, 0.3) is 0 Å². The van der Waals surface area contributed by atoms with Crippen molar-refractivity contribution >= 4 is 11.7 Å². The van der Waals surface area contributed by atoms with Gasteiger partial charge in [0.2, 0.25) is 0 Å². The first-order valence-electron chi connectivity index (χ1n) is 7.09. The Bertz CT molecular complexity index is 806. The van der Waals surface area contributed by atoms with Gasteiger partial charge in [0.05, 0.1) is 37.3 Å². The summed E-state index contributed by atoms with van der Waals surface area (Å²) in [5, 5.41) is 13.2. The summed E-state index contributed by atoms with van der Waals surface area (Å²) in [6, 6.07) is 4.53. The number of benzene rings is 1. The van der Waals surface area contributed by atoms with Crippen LogP contribution in [0.1, 0.15) is 22.8 Å². The molecule has 25 heavy (non-hydrogen) atoms. The molecule has 0 aliphatic heterocycles. The standard InChI is InChI=1S/C16H17N3O6/c1-9(19-24-4)13-10(15(20)21)6-5-7-11(13)25-16-17-8-12(22-2)14(18-16)23-3/h5-8H,1-4H3,(H,20,21). The summed E-state index contributed by atoms with van der Waals surface area (Å²) in [5.41, 5.74) is 0.600. The molecule has 0 saturated carbocycles. The van der Waals surface area contributed by atoms with Crippen LogP contribution in [0.2, 0.25) is 0 Å². The van der Waals surface area contributed by atoms with E-state index in [2.05, 4.69) is 15.1 Å². The van der Waals surface area contributed by atoms with Crippen molar-refractivity contribution in [1.82, 2.24) is 9.97 Å². The van der Waals surface area contributed by atoms with Gasteiger partial charge in [-0.25, -0.2) is 4.79 Å². The Morgan fingerprint density at radius 3 is 2.52 bits per heavy atom. The van der Waals surface area contributed by atoms with Crippen LogP contribution in [0.3, 0.4) is 0 Å². The highest BCUT2D eigenvalue weighted by Crippen LogP contribution is 2.30. The molecule has 0 unspecified atom stereocenters. The van der Waals surface area contributed by atoms with Crippen LogP contribution in [-0.2, 0) is 4.84 Å². The molecule has 2 rings (SSSR count). The van der Waals surface area contributed by atoms with E-state index in [4.69, 9.17) is 19.0 Å². The fourth-order valence-corrected chi connectivity index (χ4v) is 2.12. The Kier molecular flexibility index (Phi) is 5.72. The fourth-order valence-electron chi connectivity index (χ4n) is 2.12. The number of aromatic carboxylic acids is 1. The van der Waals surface area contributed by atoms with E-state index in [0.29, 0.717) is 11.5 Å². The summed E-state index contributed by atoms with van der Waals surface area (Å²) in [4.78, 5) is 24.3. The molecular formula is C16H17N3O6. The highest BCUT2D eigenvalue weighted by molar-refractivity contribution is 6.09. The van der Waals surface area contributed by atoms with E-state index in [1.807, 2.05) is 0 Å². The van der Waals surface area contributed by atoms with Gasteiger partial charge in [-0.3, -0.25) is 0 Å². The van der Waals surface area contributed by atoms with Crippen molar-refractivity contribution in [1.29, 1.82) is 0 Å². The smallest absolute Gasteiger partial charge is 0.336 e. The third-order valence-electron chi connectivity index (χ3n) is 3.16. The monoisotopic (exact) mass is 347 g/mol. The van der Waals surface area contributed by atoms with Crippen LogP contribution >= 0.6 is 0 Å². The topological polar surface area (TPSA) is 112 Å². The molecule has 1 aromatic heterocycles. The minimum absolute atomic E-state index is 0.0104. The molecule has 0 aliphatic rings. The summed E-state index contributed by atoms with van der Waals surface area (Å²) in [5.74, 6) is -0.387. The lowest BCUT2D eigenvalue weighted by atomic mass is 10.0. The predicted molar refractivity (Wildman–Crippen MR) is 87.8 cm³/mol. The van der Waals surface area contributed by atoms with Crippen molar-refractivity contribution < 1.29 is 28.9 Å². The van der Waals surface area contributed by atoms with Crippen molar-refractivity contribution in [2.45, 2.75) is 6.92 Å². The van der Waals surface area contributed by atoms with E-state index in [-0.39, 0.29) is 28.8 Å². The summed E-state index contributed by atoms with van der Waals surface area (Å²) in [6.45, 7) is 1.60. The number of carboxylic acids is 1. The fraction of sp³-hybridized carbons (Fsp3) is 0.250. The number of nitrogens with zero attached hydrogens (tertiary/aromatic N) is 3. The largest absolute Gasteiger partial charge is 0.490 e. The number of ether oxygens (including phenoxy) is 3. The Hall–Kier alpha value is -3.36. The van der Waals surface area contributed by atoms with Gasteiger partial charge >= 0.3 is 12.0 Å². The van der Waals surface area contributed by atoms with Gasteiger partial charge in [-0.1, -0.05) is 11.2 Å². The zero-order chi connectivity index (χ0) is 18.4. The molecule has 0 atom stereocenters. The van der Waals surface area contributed by atoms with Crippen LogP contribution in [0, 0.1) is 0 Å². The average molecular weight is 347 g/mol. The lowest BCUT2D eigenvalue weighted by molar-refractivity contribution is 0.0696. The molecule has 0 bridgehead atoms. The predicted octanol–water partition coefficient (Wildman–Crippen LogP) is 2.35. The zero-order valence-corrected chi connectivity index (χ0v) is 14.1. The molecule has 1 heterocycles. The average Bonchev–Trinajstić information content (AvgIpc) is 2.61. The minimum Gasteiger partial charge on any atom is -0.490 e. The third-order valence-corrected chi connectivity index (χ3v) is 3.16. The molecule has 132 valence electrons. The second kappa shape index (κ2) is 7.95. The molecule has 1 aromatic carbocycles. The highest BCUT2D eigenvalue weighted by Gasteiger charge is 2.20. The number of carboxylic acid groups (broad SMARTS) is 1. The lowest BCUT2D eigenvalue weighted by Gasteiger charge is -2.13. The lowest BCUT2D eigenvalue weighted by Crippen LogP contribution is -2.09. The van der Waals surface area contributed by atoms with Gasteiger partial charge in [-0.15, -0.1) is 0 Å². The van der Waals surface area contributed by atoms with Crippen LogP contribution < -0.4 is 14.2 Å². The first-order chi connectivity index (χ1) is 12.0. The van der Waals surface area contributed by atoms with E-state index >= 15 is 0 Å². The molecule has 2 aromatic rings. The van der Waals surface area contributed by atoms with E-state index in [9.17, 15) is 9.90 Å². The second-order valence-electron chi connectivity index (χ2n) is 4.68. The Morgan fingerprint density at radius 2 is 1.92 bits per heavy atom. The minimum atomic E-state index is -1.13. The van der Waals surface area contributed by atoms with Crippen molar-refractivity contribution in [3.05, 3.63) is 35.5 Å². The molecular weight excluding hydrogens is 330 g/mol. The quantitative estimate of drug-likeness (QED) is 0.600. The Balaban J connectivity index is 2.51. The van der Waals surface area contributed by atoms with Crippen LogP contribution in [0.5, 0.6) is 23.4 Å². The number of hydrogen-bond donors (Lipinski definition) is 1. The van der Waals surface area contributed by atoms with Crippen molar-refractivity contribution in [3.8, 4) is 23.4 Å². The normalized spacial score (nSPS) is 11.0. The third kappa shape index (κ3) is 3.94. The molecule has 0 radical (unpaired) electrons. The summed E-state index contributed by atoms with van der Waals surface area (Å²) >= 11 is 0. The van der Waals surface area contributed by atoms with E-state index in [0.717, 1.165) is 0 Å². The molecule has 0 fully saturated rings. The zero-order valence-electron chi connectivity index (χ0n) is 14.1. The summed E-state index contributed by atoms with van der Waals surface area (Å²) in [7, 11) is 4.26. The maximum Gasteiger partial charge on any atom is 0.336 e. The number of methoxy groups -OCH3 is 2. The van der Waals surface area contributed by atoms with Gasteiger partial charge in [-0.05, 0) is 19.1 Å². The Labute approximate surface area is 143 Å². The number of rotatable bonds is 7. The number of oxime groups is 1. The van der Waals surface area contributed by atoms with Gasteiger partial charge in [-0.2, -0.15) is 9.97 Å². The molecule has 0 aliphatic carbocycles. The van der Waals surface area contributed by atoms with Crippen LogP contribution in [0.15, 0.2) is 29.6 Å². The van der Waals surface area contributed by atoms with Gasteiger partial charge in [0.25, 0.3) is 5.88 Å². The molecule has 9 nitrogen and oxygen atoms in total. The molecule has 0 saturated heterocycles. The van der Waals surface area contributed by atoms with Crippen LogP contribution in [0.4, 0.5) is 0 Å². The molecule has 9 heteroatoms. The number of hydrogen-bond acceptors (Lipinski definition) is 8. The second-order valence-corrected chi connectivity index (χ2v) is 4.68. The summed E-state index contributed by atoms with van der Waals surface area (Å²) in [6.07, 6.45) is 1.39. The van der Waals surface area contributed by atoms with Gasteiger partial charge in [0.15, 0.2) is 5.75 Å². The maximum atomic E-state index is 11.5. The number of carbonyl (C=O) groups is 1. The van der Waals surface area contributed by atoms with Crippen molar-refractivity contribution in [2.24, 2.45) is 5.16 Å². The van der Waals surface area contributed by atoms with Gasteiger partial charge in [0, 0.05) is 0 Å². The molecule has 0 spiro atoms. The van der Waals surface area contributed by atoms with E-state index < -0.39 is 5.97 Å².